The first-order valence-corrected chi connectivity index (χ1v) is 9.84. The molecule has 1 aliphatic heterocycles. The average molecular weight is 406 g/mol. The van der Waals surface area contributed by atoms with Crippen LogP contribution in [-0.2, 0) is 0 Å². The van der Waals surface area contributed by atoms with Crippen molar-refractivity contribution in [3.05, 3.63) is 60.7 Å². The maximum atomic E-state index is 14.0. The van der Waals surface area contributed by atoms with Gasteiger partial charge in [0.2, 0.25) is 0 Å². The minimum Gasteiger partial charge on any atom is -0.383 e. The quantitative estimate of drug-likeness (QED) is 0.539. The normalized spacial score (nSPS) is 15.0. The van der Waals surface area contributed by atoms with Crippen LogP contribution in [-0.4, -0.2) is 32.8 Å². The van der Waals surface area contributed by atoms with E-state index in [0.717, 1.165) is 43.1 Å². The van der Waals surface area contributed by atoms with Crippen LogP contribution < -0.4 is 11.1 Å². The molecular weight excluding hydrogens is 386 g/mol. The van der Waals surface area contributed by atoms with Gasteiger partial charge in [-0.1, -0.05) is 0 Å². The van der Waals surface area contributed by atoms with Crippen molar-refractivity contribution >= 4 is 16.6 Å². The van der Waals surface area contributed by atoms with Crippen molar-refractivity contribution in [2.45, 2.75) is 18.9 Å². The molecule has 1 aliphatic rings. The first-order valence-electron chi connectivity index (χ1n) is 9.84. The second kappa shape index (κ2) is 7.46. The first-order chi connectivity index (χ1) is 14.6. The van der Waals surface area contributed by atoms with E-state index in [0.29, 0.717) is 28.5 Å². The Kier molecular flexibility index (Phi) is 4.63. The van der Waals surface area contributed by atoms with E-state index >= 15 is 0 Å². The molecule has 30 heavy (non-hydrogen) atoms. The highest BCUT2D eigenvalue weighted by Crippen LogP contribution is 2.31. The van der Waals surface area contributed by atoms with E-state index in [1.165, 1.54) is 12.3 Å². The van der Waals surface area contributed by atoms with E-state index in [-0.39, 0.29) is 5.39 Å². The summed E-state index contributed by atoms with van der Waals surface area (Å²) >= 11 is 0. The lowest BCUT2D eigenvalue weighted by molar-refractivity contribution is 0.343. The molecular formula is C22H20F2N6. The van der Waals surface area contributed by atoms with E-state index in [4.69, 9.17) is 5.73 Å². The highest BCUT2D eigenvalue weighted by Gasteiger charge is 2.17. The summed E-state index contributed by atoms with van der Waals surface area (Å²) in [6, 6.07) is 6.01. The molecule has 0 unspecified atom stereocenters. The average Bonchev–Trinajstić information content (AvgIpc) is 3.24. The topological polar surface area (TPSA) is 81.6 Å². The number of pyridine rings is 2. The predicted molar refractivity (Wildman–Crippen MR) is 112 cm³/mol. The summed E-state index contributed by atoms with van der Waals surface area (Å²) in [5, 5.41) is 8.56. The van der Waals surface area contributed by atoms with Crippen LogP contribution >= 0.6 is 0 Å². The maximum absolute atomic E-state index is 14.0. The summed E-state index contributed by atoms with van der Waals surface area (Å²) in [6.07, 6.45) is 9.01. The van der Waals surface area contributed by atoms with Crippen molar-refractivity contribution in [2.75, 3.05) is 18.8 Å². The minimum atomic E-state index is -0.644. The van der Waals surface area contributed by atoms with Gasteiger partial charge in [0, 0.05) is 46.7 Å². The van der Waals surface area contributed by atoms with Crippen molar-refractivity contribution in [3.8, 4) is 22.4 Å². The van der Waals surface area contributed by atoms with E-state index in [1.807, 2.05) is 23.1 Å². The fourth-order valence-corrected chi connectivity index (χ4v) is 3.92. The number of piperidine rings is 1. The Morgan fingerprint density at radius 3 is 2.63 bits per heavy atom. The third kappa shape index (κ3) is 3.39. The Hall–Kier alpha value is -3.39. The van der Waals surface area contributed by atoms with Crippen LogP contribution in [0.1, 0.15) is 18.9 Å². The highest BCUT2D eigenvalue weighted by molar-refractivity contribution is 5.88. The number of nitrogens with one attached hydrogen (secondary N) is 1. The Morgan fingerprint density at radius 1 is 0.967 bits per heavy atom. The van der Waals surface area contributed by atoms with Gasteiger partial charge in [-0.05, 0) is 49.5 Å². The van der Waals surface area contributed by atoms with E-state index in [9.17, 15) is 8.78 Å². The summed E-state index contributed by atoms with van der Waals surface area (Å²) in [7, 11) is 0. The second-order valence-corrected chi connectivity index (χ2v) is 7.53. The van der Waals surface area contributed by atoms with Gasteiger partial charge in [0.1, 0.15) is 17.5 Å². The lowest BCUT2D eigenvalue weighted by Gasteiger charge is -2.22. The first kappa shape index (κ1) is 18.6. The maximum Gasteiger partial charge on any atom is 0.135 e. The van der Waals surface area contributed by atoms with Crippen molar-refractivity contribution in [2.24, 2.45) is 0 Å². The number of nitrogens with zero attached hydrogens (tertiary/aromatic N) is 4. The van der Waals surface area contributed by atoms with Crippen LogP contribution in [0, 0.1) is 11.6 Å². The summed E-state index contributed by atoms with van der Waals surface area (Å²) in [4.78, 5) is 8.64. The number of benzene rings is 1. The van der Waals surface area contributed by atoms with E-state index in [2.05, 4.69) is 20.4 Å². The number of hydrogen-bond donors (Lipinski definition) is 2. The molecule has 4 heterocycles. The number of fused-ring (bicyclic) bond motifs is 1. The SMILES string of the molecule is Nc1ncc(-c2cnn(C3CCNCC3)c2)cc1-c1cc2cc(F)cc(F)c2cn1. The second-order valence-electron chi connectivity index (χ2n) is 7.53. The number of nitrogen functional groups attached to an aromatic ring is 1. The van der Waals surface area contributed by atoms with Crippen LogP contribution in [0.2, 0.25) is 0 Å². The molecule has 4 aromatic rings. The van der Waals surface area contributed by atoms with Crippen molar-refractivity contribution in [3.63, 3.8) is 0 Å². The molecule has 152 valence electrons. The van der Waals surface area contributed by atoms with Gasteiger partial charge in [-0.25, -0.2) is 13.8 Å². The summed E-state index contributed by atoms with van der Waals surface area (Å²) in [5.74, 6) is -0.982. The molecule has 1 saturated heterocycles. The molecule has 5 rings (SSSR count). The zero-order chi connectivity index (χ0) is 20.7. The highest BCUT2D eigenvalue weighted by atomic mass is 19.1. The van der Waals surface area contributed by atoms with Crippen LogP contribution in [0.3, 0.4) is 0 Å². The van der Waals surface area contributed by atoms with Gasteiger partial charge in [-0.2, -0.15) is 5.10 Å². The zero-order valence-corrected chi connectivity index (χ0v) is 16.1. The molecule has 0 aliphatic carbocycles. The van der Waals surface area contributed by atoms with Gasteiger partial charge >= 0.3 is 0 Å². The van der Waals surface area contributed by atoms with Gasteiger partial charge < -0.3 is 11.1 Å². The number of nitrogens with two attached hydrogens (primary N) is 1. The lowest BCUT2D eigenvalue weighted by atomic mass is 10.0. The zero-order valence-electron chi connectivity index (χ0n) is 16.1. The van der Waals surface area contributed by atoms with Gasteiger partial charge in [-0.15, -0.1) is 0 Å². The van der Waals surface area contributed by atoms with Gasteiger partial charge in [0.25, 0.3) is 0 Å². The van der Waals surface area contributed by atoms with Crippen LogP contribution in [0.25, 0.3) is 33.2 Å². The van der Waals surface area contributed by atoms with Crippen molar-refractivity contribution in [1.29, 1.82) is 0 Å². The molecule has 0 saturated carbocycles. The largest absolute Gasteiger partial charge is 0.383 e. The number of rotatable bonds is 3. The van der Waals surface area contributed by atoms with E-state index in [1.54, 1.807) is 12.3 Å². The molecule has 3 N–H and O–H groups in total. The third-order valence-corrected chi connectivity index (χ3v) is 5.56. The summed E-state index contributed by atoms with van der Waals surface area (Å²) < 4.78 is 29.6. The molecule has 8 heteroatoms. The minimum absolute atomic E-state index is 0.256. The monoisotopic (exact) mass is 406 g/mol. The molecule has 3 aromatic heterocycles. The summed E-state index contributed by atoms with van der Waals surface area (Å²) in [6.45, 7) is 1.98. The van der Waals surface area contributed by atoms with Crippen LogP contribution in [0.4, 0.5) is 14.6 Å². The Morgan fingerprint density at radius 2 is 1.80 bits per heavy atom. The Balaban J connectivity index is 1.53. The Labute approximate surface area is 171 Å². The summed E-state index contributed by atoms with van der Waals surface area (Å²) in [5.41, 5.74) is 8.99. The number of aromatic nitrogens is 4. The van der Waals surface area contributed by atoms with Gasteiger partial charge in [0.15, 0.2) is 0 Å². The fourth-order valence-electron chi connectivity index (χ4n) is 3.92. The molecule has 0 amide bonds. The molecule has 0 atom stereocenters. The van der Waals surface area contributed by atoms with Crippen LogP contribution in [0.5, 0.6) is 0 Å². The fraction of sp³-hybridized carbons (Fsp3) is 0.227. The van der Waals surface area contributed by atoms with Crippen molar-refractivity contribution < 1.29 is 8.78 Å². The smallest absolute Gasteiger partial charge is 0.135 e. The molecule has 0 spiro atoms. The van der Waals surface area contributed by atoms with Crippen LogP contribution in [0.15, 0.2) is 49.1 Å². The predicted octanol–water partition coefficient (Wildman–Crippen LogP) is 3.95. The molecule has 6 nitrogen and oxygen atoms in total. The van der Waals surface area contributed by atoms with E-state index < -0.39 is 11.6 Å². The standard InChI is InChI=1S/C22H20F2N6/c23-16-5-13-7-21(27-11-19(13)20(24)8-16)18-6-14(9-28-22(18)25)15-10-29-30(12-15)17-1-3-26-4-2-17/h5-12,17,26H,1-4H2,(H2,25,28). The van der Waals surface area contributed by atoms with Gasteiger partial charge in [-0.3, -0.25) is 9.67 Å². The number of halogens is 2. The molecule has 0 radical (unpaired) electrons. The molecule has 1 aromatic carbocycles. The number of anilines is 1. The van der Waals surface area contributed by atoms with Gasteiger partial charge in [0.05, 0.1) is 17.9 Å². The number of hydrogen-bond acceptors (Lipinski definition) is 5. The molecule has 0 bridgehead atoms. The van der Waals surface area contributed by atoms with Crippen molar-refractivity contribution in [1.82, 2.24) is 25.1 Å². The molecule has 1 fully saturated rings. The Bertz CT molecular complexity index is 1230. The third-order valence-electron chi connectivity index (χ3n) is 5.56. The lowest BCUT2D eigenvalue weighted by Crippen LogP contribution is -2.29.